The number of anilines is 1. The van der Waals surface area contributed by atoms with Gasteiger partial charge in [0.2, 0.25) is 0 Å². The van der Waals surface area contributed by atoms with Crippen molar-refractivity contribution in [1.82, 2.24) is 0 Å². The van der Waals surface area contributed by atoms with Crippen molar-refractivity contribution in [2.45, 2.75) is 11.5 Å². The molecule has 0 radical (unpaired) electrons. The Morgan fingerprint density at radius 2 is 1.80 bits per heavy atom. The molecule has 0 aromatic heterocycles. The molecule has 0 unspecified atom stereocenters. The van der Waals surface area contributed by atoms with Crippen molar-refractivity contribution < 1.29 is 17.9 Å². The van der Waals surface area contributed by atoms with Crippen LogP contribution in [-0.4, -0.2) is 13.5 Å². The number of halogens is 2. The molecule has 0 aliphatic rings. The predicted molar refractivity (Wildman–Crippen MR) is 77.3 cm³/mol. The highest BCUT2D eigenvalue weighted by Crippen LogP contribution is 2.23. The van der Waals surface area contributed by atoms with E-state index in [-0.39, 0.29) is 17.2 Å². The summed E-state index contributed by atoms with van der Waals surface area (Å²) in [6, 6.07) is 9.67. The topological polar surface area (TPSA) is 66.4 Å². The van der Waals surface area contributed by atoms with Gasteiger partial charge in [-0.15, -0.1) is 0 Å². The summed E-state index contributed by atoms with van der Waals surface area (Å²) in [6.45, 7) is -0.173. The number of nitrogens with one attached hydrogen (secondary N) is 1. The second-order valence-corrected chi connectivity index (χ2v) is 6.63. The first kappa shape index (κ1) is 15.0. The number of rotatable bonds is 4. The minimum absolute atomic E-state index is 0.00549. The van der Waals surface area contributed by atoms with Crippen LogP contribution in [-0.2, 0) is 16.6 Å². The minimum Gasteiger partial charge on any atom is -0.392 e. The van der Waals surface area contributed by atoms with E-state index in [0.29, 0.717) is 10.0 Å². The Morgan fingerprint density at radius 3 is 2.40 bits per heavy atom. The van der Waals surface area contributed by atoms with Gasteiger partial charge >= 0.3 is 0 Å². The van der Waals surface area contributed by atoms with Crippen molar-refractivity contribution >= 4 is 31.6 Å². The van der Waals surface area contributed by atoms with Crippen LogP contribution in [0.1, 0.15) is 5.56 Å². The Bertz CT molecular complexity index is 717. The van der Waals surface area contributed by atoms with Gasteiger partial charge in [0.25, 0.3) is 10.0 Å². The van der Waals surface area contributed by atoms with Crippen LogP contribution in [0, 0.1) is 5.82 Å². The Balaban J connectivity index is 2.32. The Kier molecular flexibility index (Phi) is 4.42. The normalized spacial score (nSPS) is 11.3. The molecule has 7 heteroatoms. The first-order chi connectivity index (χ1) is 9.42. The zero-order chi connectivity index (χ0) is 14.8. The predicted octanol–water partition coefficient (Wildman–Crippen LogP) is 2.88. The molecule has 2 N–H and O–H groups in total. The van der Waals surface area contributed by atoms with Crippen LogP contribution >= 0.6 is 15.9 Å². The smallest absolute Gasteiger partial charge is 0.261 e. The molecule has 106 valence electrons. The fourth-order valence-electron chi connectivity index (χ4n) is 1.55. The van der Waals surface area contributed by atoms with Crippen molar-refractivity contribution in [3.8, 4) is 0 Å². The summed E-state index contributed by atoms with van der Waals surface area (Å²) >= 11 is 3.15. The maximum absolute atomic E-state index is 13.6. The Labute approximate surface area is 124 Å². The molecule has 0 spiro atoms. The lowest BCUT2D eigenvalue weighted by molar-refractivity contribution is 0.282. The lowest BCUT2D eigenvalue weighted by Gasteiger charge is -2.09. The molecule has 0 amide bonds. The SMILES string of the molecule is O=S(=O)(Nc1cc(Br)ccc1F)c1ccc(CO)cc1. The third-order valence-electron chi connectivity index (χ3n) is 2.59. The molecule has 0 saturated carbocycles. The van der Waals surface area contributed by atoms with Crippen LogP contribution in [0.15, 0.2) is 51.8 Å². The molecule has 4 nitrogen and oxygen atoms in total. The van der Waals surface area contributed by atoms with E-state index in [4.69, 9.17) is 5.11 Å². The van der Waals surface area contributed by atoms with Gasteiger partial charge in [-0.2, -0.15) is 0 Å². The average Bonchev–Trinajstić information content (AvgIpc) is 2.43. The first-order valence-corrected chi connectivity index (χ1v) is 7.87. The van der Waals surface area contributed by atoms with Crippen LogP contribution in [0.4, 0.5) is 10.1 Å². The highest BCUT2D eigenvalue weighted by atomic mass is 79.9. The summed E-state index contributed by atoms with van der Waals surface area (Å²) in [4.78, 5) is -0.00549. The molecule has 0 fully saturated rings. The number of aliphatic hydroxyl groups is 1. The number of hydrogen-bond donors (Lipinski definition) is 2. The average molecular weight is 360 g/mol. The molecule has 2 rings (SSSR count). The third-order valence-corrected chi connectivity index (χ3v) is 4.46. The van der Waals surface area contributed by atoms with E-state index in [1.165, 1.54) is 36.4 Å². The van der Waals surface area contributed by atoms with E-state index in [1.54, 1.807) is 0 Å². The molecule has 0 heterocycles. The summed E-state index contributed by atoms with van der Waals surface area (Å²) in [5.41, 5.74) is 0.461. The van der Waals surface area contributed by atoms with Crippen molar-refractivity contribution in [3.63, 3.8) is 0 Å². The van der Waals surface area contributed by atoms with Gasteiger partial charge in [-0.05, 0) is 35.9 Å². The highest BCUT2D eigenvalue weighted by Gasteiger charge is 2.16. The zero-order valence-electron chi connectivity index (χ0n) is 10.2. The molecule has 0 atom stereocenters. The monoisotopic (exact) mass is 359 g/mol. The summed E-state index contributed by atoms with van der Waals surface area (Å²) < 4.78 is 40.5. The highest BCUT2D eigenvalue weighted by molar-refractivity contribution is 9.10. The van der Waals surface area contributed by atoms with E-state index in [0.717, 1.165) is 6.07 Å². The second-order valence-electron chi connectivity index (χ2n) is 4.03. The van der Waals surface area contributed by atoms with Gasteiger partial charge in [-0.25, -0.2) is 12.8 Å². The van der Waals surface area contributed by atoms with Gasteiger partial charge < -0.3 is 5.11 Å². The largest absolute Gasteiger partial charge is 0.392 e. The van der Waals surface area contributed by atoms with Crippen molar-refractivity contribution in [2.24, 2.45) is 0 Å². The second kappa shape index (κ2) is 5.90. The molecule has 2 aromatic carbocycles. The van der Waals surface area contributed by atoms with Gasteiger partial charge in [0, 0.05) is 4.47 Å². The molecule has 0 saturated heterocycles. The summed E-state index contributed by atoms with van der Waals surface area (Å²) in [5, 5.41) is 8.91. The molecule has 0 aliphatic carbocycles. The molecular formula is C13H11BrFNO3S. The summed E-state index contributed by atoms with van der Waals surface area (Å²) in [7, 11) is -3.87. The van der Waals surface area contributed by atoms with E-state index in [2.05, 4.69) is 20.7 Å². The number of aliphatic hydroxyl groups excluding tert-OH is 1. The summed E-state index contributed by atoms with van der Waals surface area (Å²) in [6.07, 6.45) is 0. The molecule has 0 aliphatic heterocycles. The lowest BCUT2D eigenvalue weighted by Crippen LogP contribution is -2.14. The van der Waals surface area contributed by atoms with Gasteiger partial charge in [-0.3, -0.25) is 4.72 Å². The van der Waals surface area contributed by atoms with E-state index in [1.807, 2.05) is 0 Å². The summed E-state index contributed by atoms with van der Waals surface area (Å²) in [5.74, 6) is -0.663. The van der Waals surface area contributed by atoms with Gasteiger partial charge in [0.1, 0.15) is 5.82 Å². The molecule has 0 bridgehead atoms. The van der Waals surface area contributed by atoms with E-state index < -0.39 is 15.8 Å². The fraction of sp³-hybridized carbons (Fsp3) is 0.0769. The zero-order valence-corrected chi connectivity index (χ0v) is 12.6. The van der Waals surface area contributed by atoms with Crippen LogP contribution in [0.25, 0.3) is 0 Å². The standard InChI is InChI=1S/C13H11BrFNO3S/c14-10-3-6-12(15)13(7-10)16-20(18,19)11-4-1-9(8-17)2-5-11/h1-7,16-17H,8H2. The minimum atomic E-state index is -3.87. The molecular weight excluding hydrogens is 349 g/mol. The number of sulfonamides is 1. The number of benzene rings is 2. The fourth-order valence-corrected chi connectivity index (χ4v) is 2.97. The van der Waals surface area contributed by atoms with Crippen molar-refractivity contribution in [3.05, 3.63) is 58.3 Å². The van der Waals surface area contributed by atoms with E-state index >= 15 is 0 Å². The van der Waals surface area contributed by atoms with Crippen molar-refractivity contribution in [1.29, 1.82) is 0 Å². The van der Waals surface area contributed by atoms with Crippen molar-refractivity contribution in [2.75, 3.05) is 4.72 Å². The van der Waals surface area contributed by atoms with E-state index in [9.17, 15) is 12.8 Å². The first-order valence-electron chi connectivity index (χ1n) is 5.60. The molecule has 20 heavy (non-hydrogen) atoms. The Morgan fingerprint density at radius 1 is 1.15 bits per heavy atom. The van der Waals surface area contributed by atoms with Gasteiger partial charge in [0.05, 0.1) is 17.2 Å². The number of hydrogen-bond acceptors (Lipinski definition) is 3. The molecule has 2 aromatic rings. The maximum atomic E-state index is 13.6. The van der Waals surface area contributed by atoms with Crippen LogP contribution in [0.3, 0.4) is 0 Å². The Hall–Kier alpha value is -1.44. The van der Waals surface area contributed by atoms with Gasteiger partial charge in [-0.1, -0.05) is 28.1 Å². The van der Waals surface area contributed by atoms with Gasteiger partial charge in [0.15, 0.2) is 0 Å². The third kappa shape index (κ3) is 3.36. The van der Waals surface area contributed by atoms with Crippen LogP contribution in [0.5, 0.6) is 0 Å². The maximum Gasteiger partial charge on any atom is 0.261 e. The van der Waals surface area contributed by atoms with Crippen LogP contribution < -0.4 is 4.72 Å². The quantitative estimate of drug-likeness (QED) is 0.881. The lowest BCUT2D eigenvalue weighted by atomic mass is 10.2. The van der Waals surface area contributed by atoms with Crippen LogP contribution in [0.2, 0.25) is 0 Å².